The largest absolute Gasteiger partial charge is 1.00 e. The molecule has 0 radical (unpaired) electrons. The maximum atomic E-state index is 8.52. The van der Waals surface area contributed by atoms with Crippen LogP contribution in [0, 0.1) is 0 Å². The third kappa shape index (κ3) is 57.3. The minimum atomic E-state index is -5.17. The molecule has 0 aliphatic carbocycles. The Labute approximate surface area is 108 Å². The molecule has 0 heterocycles. The van der Waals surface area contributed by atoms with Crippen LogP contribution in [-0.2, 0) is 10.4 Å². The van der Waals surface area contributed by atoms with Crippen LogP contribution in [0.2, 0.25) is 0 Å². The molecule has 0 saturated carbocycles. The molecule has 0 atom stereocenters. The third-order valence-corrected chi connectivity index (χ3v) is 0. The number of rotatable bonds is 0. The first-order valence-corrected chi connectivity index (χ1v) is 2.00. The molecule has 7 heavy (non-hydrogen) atoms. The Balaban J connectivity index is -0.0000000267. The Morgan fingerprint density at radius 3 is 1.29 bits per heavy atom. The van der Waals surface area contributed by atoms with E-state index in [1.807, 2.05) is 0 Å². The van der Waals surface area contributed by atoms with E-state index in [-0.39, 0.29) is 82.4 Å². The summed E-state index contributed by atoms with van der Waals surface area (Å²) in [7, 11) is -5.17. The summed E-state index contributed by atoms with van der Waals surface area (Å²) < 4.78 is 34.1. The molecule has 0 saturated heterocycles. The van der Waals surface area contributed by atoms with Gasteiger partial charge in [-0.2, -0.15) is 0 Å². The van der Waals surface area contributed by atoms with Gasteiger partial charge in [0.15, 0.2) is 0 Å². The maximum Gasteiger partial charge on any atom is 1.00 e. The third-order valence-electron chi connectivity index (χ3n) is 0. The second-order valence-electron chi connectivity index (χ2n) is 0.408. The van der Waals surface area contributed by atoms with Gasteiger partial charge in [-0.05, 0) is 0 Å². The zero-order chi connectivity index (χ0) is 4.50. The van der Waals surface area contributed by atoms with Crippen molar-refractivity contribution in [2.45, 2.75) is 0 Å². The van der Waals surface area contributed by atoms with Crippen LogP contribution < -0.4 is 29.6 Å². The monoisotopic (exact) mass is 160 g/mol. The van der Waals surface area contributed by atoms with Crippen molar-refractivity contribution in [3.63, 3.8) is 0 Å². The van der Waals surface area contributed by atoms with Crippen LogP contribution in [0.3, 0.4) is 0 Å². The molecule has 0 bridgehead atoms. The average Bonchev–Trinajstić information content (AvgIpc) is 0.722. The minimum Gasteiger partial charge on any atom is 1.00 e. The molecule has 34 valence electrons. The summed E-state index contributed by atoms with van der Waals surface area (Å²) in [5.74, 6) is 0. The van der Waals surface area contributed by atoms with Gasteiger partial charge in [0.25, 0.3) is 0 Å². The Bertz CT molecular complexity index is 99.2. The smallest absolute Gasteiger partial charge is 1.00 e. The van der Waals surface area contributed by atoms with E-state index in [1.165, 1.54) is 0 Å². The molecule has 0 unspecified atom stereocenters. The summed E-state index contributed by atoms with van der Waals surface area (Å²) >= 11 is 0. The van der Waals surface area contributed by atoms with Gasteiger partial charge in [-0.1, -0.05) is 0 Å². The normalized spacial score (nSPS) is 8.29. The second kappa shape index (κ2) is 6.62. The summed E-state index contributed by atoms with van der Waals surface area (Å²) in [6, 6.07) is 0. The second-order valence-corrected chi connectivity index (χ2v) is 1.22. The van der Waals surface area contributed by atoms with Crippen LogP contribution in [-0.4, -0.2) is 68.9 Å². The molecule has 0 aliphatic heterocycles. The molecule has 0 amide bonds. The predicted octanol–water partition coefficient (Wildman–Crippen LogP) is -4.87. The van der Waals surface area contributed by atoms with Crippen LogP contribution >= 0.6 is 0 Å². The van der Waals surface area contributed by atoms with E-state index >= 15 is 0 Å². The average molecular weight is 160 g/mol. The van der Waals surface area contributed by atoms with Gasteiger partial charge >= 0.3 is 82.4 Å². The zero-order valence-electron chi connectivity index (χ0n) is 4.04. The van der Waals surface area contributed by atoms with Crippen molar-refractivity contribution in [3.05, 3.63) is 0 Å². The molecular formula is H2KNaO4S. The Hall–Kier alpha value is 2.51. The van der Waals surface area contributed by atoms with E-state index in [2.05, 4.69) is 0 Å². The van der Waals surface area contributed by atoms with E-state index < -0.39 is 10.4 Å². The van der Waals surface area contributed by atoms with Crippen LogP contribution in [0.15, 0.2) is 0 Å². The van der Waals surface area contributed by atoms with Gasteiger partial charge in [0, 0.05) is 10.4 Å². The molecule has 0 aliphatic rings. The summed E-state index contributed by atoms with van der Waals surface area (Å²) in [4.78, 5) is 0. The standard InChI is InChI=1S/K.Na.H2O4S.H/c;;1-5(2,3)4;/h;;(H2,1,2,3,4);/q;+1;;/p-1. The maximum absolute atomic E-state index is 8.52. The fourth-order valence-corrected chi connectivity index (χ4v) is 0. The van der Waals surface area contributed by atoms with Gasteiger partial charge in [0.05, 0.1) is 0 Å². The van der Waals surface area contributed by atoms with Gasteiger partial charge in [-0.15, -0.1) is 0 Å². The van der Waals surface area contributed by atoms with Crippen molar-refractivity contribution in [1.29, 1.82) is 0 Å². The first-order chi connectivity index (χ1) is 2.00. The molecule has 0 N–H and O–H groups in total. The topological polar surface area (TPSA) is 80.3 Å². The molecule has 0 rings (SSSR count). The molecular weight excluding hydrogens is 158 g/mol. The van der Waals surface area contributed by atoms with Crippen LogP contribution in [0.5, 0.6) is 0 Å². The Morgan fingerprint density at radius 2 is 1.29 bits per heavy atom. The predicted molar refractivity (Wildman–Crippen MR) is 18.7 cm³/mol. The van der Waals surface area contributed by atoms with Crippen molar-refractivity contribution in [2.24, 2.45) is 0 Å². The van der Waals surface area contributed by atoms with Crippen molar-refractivity contribution in [2.75, 3.05) is 0 Å². The van der Waals surface area contributed by atoms with Gasteiger partial charge in [0.2, 0.25) is 0 Å². The zero-order valence-corrected chi connectivity index (χ0v) is 5.86. The number of hydrogen-bond donors (Lipinski definition) is 0. The van der Waals surface area contributed by atoms with Crippen molar-refractivity contribution in [3.8, 4) is 0 Å². The van der Waals surface area contributed by atoms with Crippen LogP contribution in [0.1, 0.15) is 1.43 Å². The van der Waals surface area contributed by atoms with Gasteiger partial charge in [0.1, 0.15) is 0 Å². The van der Waals surface area contributed by atoms with E-state index in [0.717, 1.165) is 0 Å². The van der Waals surface area contributed by atoms with Crippen molar-refractivity contribution < 1.29 is 48.5 Å². The summed E-state index contributed by atoms with van der Waals surface area (Å²) in [6.45, 7) is 0. The van der Waals surface area contributed by atoms with E-state index in [4.69, 9.17) is 17.5 Å². The van der Waals surface area contributed by atoms with Crippen LogP contribution in [0.25, 0.3) is 0 Å². The van der Waals surface area contributed by atoms with E-state index in [1.54, 1.807) is 0 Å². The Kier molecular flexibility index (Phi) is 15.4. The molecule has 0 fully saturated rings. The van der Waals surface area contributed by atoms with E-state index in [9.17, 15) is 0 Å². The van der Waals surface area contributed by atoms with Gasteiger partial charge in [-0.3, -0.25) is 8.42 Å². The van der Waals surface area contributed by atoms with Crippen molar-refractivity contribution in [1.82, 2.24) is 0 Å². The molecule has 0 aromatic rings. The molecule has 0 spiro atoms. The quantitative estimate of drug-likeness (QED) is 0.202. The number of hydrogen-bond acceptors (Lipinski definition) is 4. The summed E-state index contributed by atoms with van der Waals surface area (Å²) in [6.07, 6.45) is 0. The van der Waals surface area contributed by atoms with Crippen LogP contribution in [0.4, 0.5) is 0 Å². The summed E-state index contributed by atoms with van der Waals surface area (Å²) in [5.41, 5.74) is 0. The summed E-state index contributed by atoms with van der Waals surface area (Å²) in [5, 5.41) is 0. The van der Waals surface area contributed by atoms with Crippen molar-refractivity contribution >= 4 is 61.8 Å². The fourth-order valence-electron chi connectivity index (χ4n) is 0. The first-order valence-electron chi connectivity index (χ1n) is 0.667. The van der Waals surface area contributed by atoms with E-state index in [0.29, 0.717) is 0 Å². The fraction of sp³-hybridized carbons (Fsp3) is 0. The molecule has 0 aromatic heterocycles. The van der Waals surface area contributed by atoms with Gasteiger partial charge < -0.3 is 9.11 Å². The minimum absolute atomic E-state index is 0. The molecule has 7 heteroatoms. The molecule has 4 nitrogen and oxygen atoms in total. The Morgan fingerprint density at radius 1 is 1.29 bits per heavy atom. The van der Waals surface area contributed by atoms with Gasteiger partial charge in [-0.25, -0.2) is 0 Å². The SMILES string of the molecule is O=S(=O)([O-])[O-].[H+].[KH].[Na+]. The first kappa shape index (κ1) is 16.2. The molecule has 0 aromatic carbocycles.